The summed E-state index contributed by atoms with van der Waals surface area (Å²) in [5.41, 5.74) is 7.15. The van der Waals surface area contributed by atoms with Crippen molar-refractivity contribution in [1.29, 1.82) is 0 Å². The number of thiocarbonyl (C=S) groups is 1. The Labute approximate surface area is 169 Å². The Balaban J connectivity index is 1.83. The summed E-state index contributed by atoms with van der Waals surface area (Å²) in [5, 5.41) is 3.03. The van der Waals surface area contributed by atoms with E-state index >= 15 is 0 Å². The zero-order chi connectivity index (χ0) is 19.8. The maximum absolute atomic E-state index is 12.7. The van der Waals surface area contributed by atoms with Crippen LogP contribution in [0.5, 0.6) is 0 Å². The van der Waals surface area contributed by atoms with Gasteiger partial charge in [0.05, 0.1) is 10.6 Å². The lowest BCUT2D eigenvalue weighted by Crippen LogP contribution is -2.42. The number of anilines is 1. The highest BCUT2D eigenvalue weighted by molar-refractivity contribution is 7.90. The summed E-state index contributed by atoms with van der Waals surface area (Å²) in [6.45, 7) is 0. The standard InChI is InChI=1S/C20H18N4O2S2/c25-28(26,18-14-8-3-9-15-18)24-19(16-10-4-1-5-11-16)21-20(27)23-22-17-12-6-2-7-13-17/h1-15,22H,(H2,21,23,24,27). The van der Waals surface area contributed by atoms with Gasteiger partial charge in [-0.3, -0.25) is 10.9 Å². The van der Waals surface area contributed by atoms with Gasteiger partial charge in [0.1, 0.15) is 0 Å². The topological polar surface area (TPSA) is 82.6 Å². The van der Waals surface area contributed by atoms with Crippen molar-refractivity contribution in [3.05, 3.63) is 96.6 Å². The molecule has 0 radical (unpaired) electrons. The van der Waals surface area contributed by atoms with Crippen molar-refractivity contribution < 1.29 is 8.42 Å². The molecular weight excluding hydrogens is 392 g/mol. The van der Waals surface area contributed by atoms with E-state index in [0.29, 0.717) is 5.56 Å². The van der Waals surface area contributed by atoms with E-state index in [0.717, 1.165) is 5.69 Å². The van der Waals surface area contributed by atoms with E-state index in [9.17, 15) is 8.42 Å². The Morgan fingerprint density at radius 1 is 0.786 bits per heavy atom. The molecule has 142 valence electrons. The molecule has 28 heavy (non-hydrogen) atoms. The van der Waals surface area contributed by atoms with Crippen LogP contribution in [0.15, 0.2) is 100 Å². The number of nitrogens with zero attached hydrogens (tertiary/aromatic N) is 1. The molecule has 0 amide bonds. The second kappa shape index (κ2) is 9.12. The molecule has 6 nitrogen and oxygen atoms in total. The summed E-state index contributed by atoms with van der Waals surface area (Å²) in [5.74, 6) is 0.122. The Bertz CT molecular complexity index is 1060. The number of sulfonamides is 1. The number of amidine groups is 1. The minimum atomic E-state index is -3.90. The van der Waals surface area contributed by atoms with Crippen molar-refractivity contribution in [2.75, 3.05) is 5.43 Å². The third-order valence-corrected chi connectivity index (χ3v) is 5.12. The average molecular weight is 411 g/mol. The highest BCUT2D eigenvalue weighted by Gasteiger charge is 2.16. The van der Waals surface area contributed by atoms with Gasteiger partial charge in [0.25, 0.3) is 10.0 Å². The number of hydrogen-bond acceptors (Lipinski definition) is 4. The molecule has 8 heteroatoms. The molecule has 0 aliphatic heterocycles. The van der Waals surface area contributed by atoms with Crippen molar-refractivity contribution in [2.24, 2.45) is 4.40 Å². The van der Waals surface area contributed by atoms with Gasteiger partial charge < -0.3 is 5.32 Å². The van der Waals surface area contributed by atoms with Crippen LogP contribution < -0.4 is 16.2 Å². The number of rotatable bonds is 5. The van der Waals surface area contributed by atoms with Crippen molar-refractivity contribution in [3.63, 3.8) is 0 Å². The third kappa shape index (κ3) is 5.38. The first-order valence-corrected chi connectivity index (χ1v) is 10.2. The Hall–Kier alpha value is -3.23. The molecule has 0 saturated heterocycles. The van der Waals surface area contributed by atoms with Crippen LogP contribution in [-0.2, 0) is 10.0 Å². The van der Waals surface area contributed by atoms with Crippen LogP contribution in [0.25, 0.3) is 0 Å². The molecule has 0 aliphatic rings. The van der Waals surface area contributed by atoms with E-state index in [2.05, 4.69) is 20.6 Å². The minimum absolute atomic E-state index is 0.103. The minimum Gasteiger partial charge on any atom is -0.315 e. The van der Waals surface area contributed by atoms with Gasteiger partial charge in [-0.1, -0.05) is 66.7 Å². The Kier molecular flexibility index (Phi) is 6.36. The van der Waals surface area contributed by atoms with Crippen molar-refractivity contribution >= 4 is 38.9 Å². The van der Waals surface area contributed by atoms with Crippen LogP contribution in [0, 0.1) is 0 Å². The molecule has 0 aromatic heterocycles. The lowest BCUT2D eigenvalue weighted by atomic mass is 10.2. The quantitative estimate of drug-likeness (QED) is 0.259. The Morgan fingerprint density at radius 3 is 1.93 bits per heavy atom. The van der Waals surface area contributed by atoms with Gasteiger partial charge in [0.15, 0.2) is 10.9 Å². The van der Waals surface area contributed by atoms with Gasteiger partial charge in [-0.25, -0.2) is 0 Å². The maximum atomic E-state index is 12.7. The van der Waals surface area contributed by atoms with Crippen LogP contribution in [0.2, 0.25) is 0 Å². The molecule has 0 spiro atoms. The van der Waals surface area contributed by atoms with Crippen molar-refractivity contribution in [2.45, 2.75) is 4.90 Å². The van der Waals surface area contributed by atoms with Crippen LogP contribution in [-0.4, -0.2) is 19.4 Å². The number of para-hydroxylation sites is 1. The molecule has 3 N–H and O–H groups in total. The summed E-state index contributed by atoms with van der Waals surface area (Å²) < 4.78 is 29.3. The van der Waals surface area contributed by atoms with Gasteiger partial charge >= 0.3 is 0 Å². The zero-order valence-electron chi connectivity index (χ0n) is 14.7. The summed E-state index contributed by atoms with van der Waals surface area (Å²) >= 11 is 5.27. The molecule has 0 saturated carbocycles. The normalized spacial score (nSPS) is 11.5. The SMILES string of the molecule is O=S(=O)(/N=C(\NC(=S)NNc1ccccc1)c1ccccc1)c1ccccc1. The van der Waals surface area contributed by atoms with E-state index in [1.54, 1.807) is 42.5 Å². The average Bonchev–Trinajstić information content (AvgIpc) is 2.74. The highest BCUT2D eigenvalue weighted by atomic mass is 32.2. The zero-order valence-corrected chi connectivity index (χ0v) is 16.4. The Morgan fingerprint density at radius 2 is 1.32 bits per heavy atom. The van der Waals surface area contributed by atoms with Gasteiger partial charge in [-0.15, -0.1) is 4.40 Å². The maximum Gasteiger partial charge on any atom is 0.284 e. The van der Waals surface area contributed by atoms with E-state index < -0.39 is 10.0 Å². The fourth-order valence-corrected chi connectivity index (χ4v) is 3.44. The smallest absolute Gasteiger partial charge is 0.284 e. The molecule has 3 aromatic rings. The fraction of sp³-hybridized carbons (Fsp3) is 0. The monoisotopic (exact) mass is 410 g/mol. The van der Waals surface area contributed by atoms with Crippen LogP contribution in [0.3, 0.4) is 0 Å². The summed E-state index contributed by atoms with van der Waals surface area (Å²) in [6.07, 6.45) is 0. The van der Waals surface area contributed by atoms with Gasteiger partial charge in [0.2, 0.25) is 0 Å². The first kappa shape index (κ1) is 19.5. The van der Waals surface area contributed by atoms with E-state index in [-0.39, 0.29) is 15.8 Å². The molecule has 0 fully saturated rings. The molecule has 3 aromatic carbocycles. The van der Waals surface area contributed by atoms with Gasteiger partial charge in [-0.2, -0.15) is 8.42 Å². The number of nitrogens with one attached hydrogen (secondary N) is 3. The van der Waals surface area contributed by atoms with Crippen molar-refractivity contribution in [3.8, 4) is 0 Å². The van der Waals surface area contributed by atoms with Gasteiger partial charge in [0, 0.05) is 5.56 Å². The molecule has 0 aliphatic carbocycles. The van der Waals surface area contributed by atoms with E-state index in [1.165, 1.54) is 12.1 Å². The fourth-order valence-electron chi connectivity index (χ4n) is 2.30. The molecule has 0 unspecified atom stereocenters. The largest absolute Gasteiger partial charge is 0.315 e. The van der Waals surface area contributed by atoms with Gasteiger partial charge in [-0.05, 0) is 36.5 Å². The molecule has 0 atom stereocenters. The summed E-state index contributed by atoms with van der Waals surface area (Å²) in [4.78, 5) is 0.103. The lowest BCUT2D eigenvalue weighted by Gasteiger charge is -2.14. The first-order chi connectivity index (χ1) is 13.5. The predicted octanol–water partition coefficient (Wildman–Crippen LogP) is 3.31. The van der Waals surface area contributed by atoms with Crippen molar-refractivity contribution in [1.82, 2.24) is 10.7 Å². The molecule has 0 heterocycles. The summed E-state index contributed by atoms with van der Waals surface area (Å²) in [7, 11) is -3.90. The lowest BCUT2D eigenvalue weighted by molar-refractivity contribution is 0.598. The molecular formula is C20H18N4O2S2. The van der Waals surface area contributed by atoms with Crippen LogP contribution in [0.4, 0.5) is 5.69 Å². The number of hydrazine groups is 1. The molecule has 3 rings (SSSR count). The second-order valence-electron chi connectivity index (χ2n) is 5.66. The van der Waals surface area contributed by atoms with E-state index in [4.69, 9.17) is 12.2 Å². The van der Waals surface area contributed by atoms with E-state index in [1.807, 2.05) is 36.4 Å². The molecule has 0 bridgehead atoms. The third-order valence-electron chi connectivity index (χ3n) is 3.63. The van der Waals surface area contributed by atoms with Crippen LogP contribution >= 0.6 is 12.2 Å². The number of benzene rings is 3. The second-order valence-corrected chi connectivity index (χ2v) is 7.68. The summed E-state index contributed by atoms with van der Waals surface area (Å²) in [6, 6.07) is 26.3. The predicted molar refractivity (Wildman–Crippen MR) is 116 cm³/mol. The number of hydrogen-bond donors (Lipinski definition) is 3. The highest BCUT2D eigenvalue weighted by Crippen LogP contribution is 2.13. The first-order valence-electron chi connectivity index (χ1n) is 8.38. The van der Waals surface area contributed by atoms with Crippen LogP contribution in [0.1, 0.15) is 5.56 Å².